The van der Waals surface area contributed by atoms with E-state index in [-0.39, 0.29) is 0 Å². The fraction of sp³-hybridized carbons (Fsp3) is 0.786. The zero-order valence-corrected chi connectivity index (χ0v) is 9.76. The van der Waals surface area contributed by atoms with Crippen molar-refractivity contribution in [1.29, 1.82) is 0 Å². The Morgan fingerprint density at radius 1 is 1.00 bits per heavy atom. The molecule has 0 unspecified atom stereocenters. The largest absolute Gasteiger partial charge is 0.272 e. The van der Waals surface area contributed by atoms with Crippen LogP contribution in [0.25, 0.3) is 0 Å². The van der Waals surface area contributed by atoms with Crippen molar-refractivity contribution in [3.05, 3.63) is 18.5 Å². The van der Waals surface area contributed by atoms with Crippen LogP contribution in [-0.2, 0) is 6.54 Å². The summed E-state index contributed by atoms with van der Waals surface area (Å²) in [5.41, 5.74) is 0. The fourth-order valence-corrected chi connectivity index (χ4v) is 4.96. The number of hydrogen-bond acceptors (Lipinski definition) is 1. The van der Waals surface area contributed by atoms with Crippen molar-refractivity contribution in [3.8, 4) is 0 Å². The Morgan fingerprint density at radius 3 is 2.25 bits per heavy atom. The van der Waals surface area contributed by atoms with Gasteiger partial charge in [-0.05, 0) is 67.8 Å². The minimum atomic E-state index is 0.938. The van der Waals surface area contributed by atoms with Gasteiger partial charge in [0.1, 0.15) is 0 Å². The van der Waals surface area contributed by atoms with Crippen molar-refractivity contribution in [3.63, 3.8) is 0 Å². The van der Waals surface area contributed by atoms with E-state index in [0.29, 0.717) is 0 Å². The van der Waals surface area contributed by atoms with Gasteiger partial charge in [0, 0.05) is 18.9 Å². The number of nitrogens with zero attached hydrogens (tertiary/aromatic N) is 2. The van der Waals surface area contributed by atoms with Gasteiger partial charge in [0.2, 0.25) is 0 Å². The predicted octanol–water partition coefficient (Wildman–Crippen LogP) is 2.96. The summed E-state index contributed by atoms with van der Waals surface area (Å²) in [5.74, 6) is 5.18. The van der Waals surface area contributed by atoms with Crippen LogP contribution in [0.5, 0.6) is 0 Å². The summed E-state index contributed by atoms with van der Waals surface area (Å²) in [6.07, 6.45) is 11.7. The van der Waals surface area contributed by atoms with Crippen molar-refractivity contribution in [1.82, 2.24) is 9.78 Å². The standard InChI is InChI=1S/C14H20N2/c1-2-15-16(3-1)9-14-12-5-10-4-11(7-12)8-13(14)6-10/h1-3,10-14H,4-9H2. The molecule has 0 saturated heterocycles. The molecule has 0 amide bonds. The zero-order valence-electron chi connectivity index (χ0n) is 9.76. The van der Waals surface area contributed by atoms with Gasteiger partial charge < -0.3 is 0 Å². The van der Waals surface area contributed by atoms with Crippen LogP contribution in [0.1, 0.15) is 32.1 Å². The van der Waals surface area contributed by atoms with Crippen molar-refractivity contribution in [2.45, 2.75) is 38.6 Å². The third-order valence-electron chi connectivity index (χ3n) is 5.38. The van der Waals surface area contributed by atoms with E-state index in [4.69, 9.17) is 0 Å². The molecule has 2 nitrogen and oxygen atoms in total. The summed E-state index contributed by atoms with van der Waals surface area (Å²) >= 11 is 0. The van der Waals surface area contributed by atoms with Gasteiger partial charge >= 0.3 is 0 Å². The van der Waals surface area contributed by atoms with Gasteiger partial charge in [0.25, 0.3) is 0 Å². The van der Waals surface area contributed by atoms with E-state index in [2.05, 4.69) is 22.0 Å². The van der Waals surface area contributed by atoms with Crippen molar-refractivity contribution in [2.75, 3.05) is 0 Å². The van der Waals surface area contributed by atoms with Gasteiger partial charge in [-0.15, -0.1) is 0 Å². The normalized spacial score (nSPS) is 45.1. The Hall–Kier alpha value is -0.790. The number of rotatable bonds is 2. The second-order valence-electron chi connectivity index (χ2n) is 6.32. The lowest BCUT2D eigenvalue weighted by molar-refractivity contribution is -0.0442. The Balaban J connectivity index is 1.56. The molecule has 0 spiro atoms. The molecule has 0 aromatic carbocycles. The minimum absolute atomic E-state index is 0.938. The van der Waals surface area contributed by atoms with E-state index >= 15 is 0 Å². The van der Waals surface area contributed by atoms with E-state index in [1.54, 1.807) is 6.42 Å². The second-order valence-corrected chi connectivity index (χ2v) is 6.32. The molecule has 4 aliphatic carbocycles. The zero-order chi connectivity index (χ0) is 10.5. The van der Waals surface area contributed by atoms with Gasteiger partial charge in [0.15, 0.2) is 0 Å². The van der Waals surface area contributed by atoms with Crippen LogP contribution < -0.4 is 0 Å². The molecule has 4 bridgehead atoms. The van der Waals surface area contributed by atoms with Gasteiger partial charge in [-0.1, -0.05) is 0 Å². The van der Waals surface area contributed by atoms with Gasteiger partial charge in [0.05, 0.1) is 0 Å². The van der Waals surface area contributed by atoms with Gasteiger partial charge in [-0.3, -0.25) is 4.68 Å². The molecule has 2 heteroatoms. The van der Waals surface area contributed by atoms with E-state index in [0.717, 1.165) is 29.6 Å². The third kappa shape index (κ3) is 1.35. The summed E-state index contributed by atoms with van der Waals surface area (Å²) in [4.78, 5) is 0. The Bertz CT molecular complexity index is 340. The monoisotopic (exact) mass is 216 g/mol. The Kier molecular flexibility index (Phi) is 1.94. The van der Waals surface area contributed by atoms with E-state index in [1.807, 2.05) is 6.20 Å². The maximum Gasteiger partial charge on any atom is 0.0489 e. The first-order chi connectivity index (χ1) is 7.88. The first-order valence-corrected chi connectivity index (χ1v) is 6.86. The molecule has 0 atom stereocenters. The van der Waals surface area contributed by atoms with Crippen molar-refractivity contribution < 1.29 is 0 Å². The summed E-state index contributed by atoms with van der Waals surface area (Å²) in [5, 5.41) is 4.38. The summed E-state index contributed by atoms with van der Waals surface area (Å²) in [7, 11) is 0. The average molecular weight is 216 g/mol. The maximum absolute atomic E-state index is 4.38. The number of aromatic nitrogens is 2. The highest BCUT2D eigenvalue weighted by Crippen LogP contribution is 2.56. The molecule has 1 aromatic rings. The topological polar surface area (TPSA) is 17.8 Å². The van der Waals surface area contributed by atoms with Gasteiger partial charge in [-0.2, -0.15) is 5.10 Å². The lowest BCUT2D eigenvalue weighted by atomic mass is 9.52. The summed E-state index contributed by atoms with van der Waals surface area (Å²) in [6.45, 7) is 1.18. The highest BCUT2D eigenvalue weighted by atomic mass is 15.3. The van der Waals surface area contributed by atoms with Crippen LogP contribution in [0, 0.1) is 29.6 Å². The maximum atomic E-state index is 4.38. The molecule has 4 aliphatic rings. The lowest BCUT2D eigenvalue weighted by Gasteiger charge is -2.54. The smallest absolute Gasteiger partial charge is 0.0489 e. The molecule has 1 heterocycles. The molecular weight excluding hydrogens is 196 g/mol. The fourth-order valence-electron chi connectivity index (χ4n) is 4.96. The summed E-state index contributed by atoms with van der Waals surface area (Å²) in [6, 6.07) is 2.05. The predicted molar refractivity (Wildman–Crippen MR) is 62.8 cm³/mol. The first-order valence-electron chi connectivity index (χ1n) is 6.86. The van der Waals surface area contributed by atoms with Crippen molar-refractivity contribution >= 4 is 0 Å². The third-order valence-corrected chi connectivity index (χ3v) is 5.38. The molecule has 1 aromatic heterocycles. The van der Waals surface area contributed by atoms with E-state index < -0.39 is 0 Å². The molecule has 16 heavy (non-hydrogen) atoms. The molecule has 4 saturated carbocycles. The Morgan fingerprint density at radius 2 is 1.69 bits per heavy atom. The molecule has 86 valence electrons. The van der Waals surface area contributed by atoms with Crippen LogP contribution in [0.4, 0.5) is 0 Å². The van der Waals surface area contributed by atoms with E-state index in [9.17, 15) is 0 Å². The quantitative estimate of drug-likeness (QED) is 0.743. The van der Waals surface area contributed by atoms with Crippen molar-refractivity contribution in [2.24, 2.45) is 29.6 Å². The van der Waals surface area contributed by atoms with Crippen LogP contribution in [0.2, 0.25) is 0 Å². The first kappa shape index (κ1) is 9.26. The number of hydrogen-bond donors (Lipinski definition) is 0. The van der Waals surface area contributed by atoms with Gasteiger partial charge in [-0.25, -0.2) is 0 Å². The molecule has 0 aliphatic heterocycles. The molecule has 5 rings (SSSR count). The SMILES string of the molecule is c1cnn(CC2C3CC4CC(C3)CC2C4)c1. The molecular formula is C14H20N2. The van der Waals surface area contributed by atoms with Crippen LogP contribution in [0.3, 0.4) is 0 Å². The van der Waals surface area contributed by atoms with Crippen LogP contribution in [0.15, 0.2) is 18.5 Å². The summed E-state index contributed by atoms with van der Waals surface area (Å²) < 4.78 is 2.16. The van der Waals surface area contributed by atoms with Crippen LogP contribution >= 0.6 is 0 Å². The Labute approximate surface area is 97.0 Å². The molecule has 4 fully saturated rings. The highest BCUT2D eigenvalue weighted by molar-refractivity contribution is 4.98. The molecule has 0 radical (unpaired) electrons. The van der Waals surface area contributed by atoms with E-state index in [1.165, 1.54) is 32.2 Å². The molecule has 0 N–H and O–H groups in total. The van der Waals surface area contributed by atoms with Crippen LogP contribution in [-0.4, -0.2) is 9.78 Å². The highest BCUT2D eigenvalue weighted by Gasteiger charge is 2.47. The minimum Gasteiger partial charge on any atom is -0.272 e. The lowest BCUT2D eigenvalue weighted by Crippen LogP contribution is -2.46. The average Bonchev–Trinajstić information content (AvgIpc) is 2.75. The second kappa shape index (κ2) is 3.35.